The first kappa shape index (κ1) is 33.5. The first-order valence-electron chi connectivity index (χ1n) is 15.4. The minimum absolute atomic E-state index is 0.0452. The molecule has 1 amide bonds. The molecule has 1 aliphatic heterocycles. The zero-order chi connectivity index (χ0) is 34.1. The van der Waals surface area contributed by atoms with Crippen molar-refractivity contribution in [2.75, 3.05) is 38.3 Å². The number of hydrazine groups is 1. The molecule has 2 unspecified atom stereocenters. The smallest absolute Gasteiger partial charge is 0.341 e. The van der Waals surface area contributed by atoms with E-state index in [2.05, 4.69) is 15.8 Å². The highest BCUT2D eigenvalue weighted by Gasteiger charge is 2.36. The lowest BCUT2D eigenvalue weighted by Crippen LogP contribution is -2.58. The summed E-state index contributed by atoms with van der Waals surface area (Å²) in [6.07, 6.45) is 2.08. The van der Waals surface area contributed by atoms with Crippen LogP contribution in [-0.2, 0) is 4.79 Å². The third-order valence-corrected chi connectivity index (χ3v) is 9.31. The molecule has 2 atom stereocenters. The normalized spacial score (nSPS) is 17.3. The van der Waals surface area contributed by atoms with E-state index >= 15 is 4.39 Å². The van der Waals surface area contributed by atoms with Crippen LogP contribution in [0.15, 0.2) is 65.6 Å². The second-order valence-electron chi connectivity index (χ2n) is 11.8. The average Bonchev–Trinajstić information content (AvgIpc) is 3.91. The Labute approximate surface area is 285 Å². The molecule has 14 heteroatoms. The minimum atomic E-state index is -1.37. The maximum atomic E-state index is 16.7. The van der Waals surface area contributed by atoms with Gasteiger partial charge in [-0.3, -0.25) is 19.9 Å². The van der Waals surface area contributed by atoms with E-state index in [9.17, 15) is 19.5 Å². The largest absolute Gasteiger partial charge is 0.494 e. The van der Waals surface area contributed by atoms with E-state index in [4.69, 9.17) is 32.7 Å². The van der Waals surface area contributed by atoms with Gasteiger partial charge in [0.25, 0.3) is 5.91 Å². The maximum absolute atomic E-state index is 16.7. The van der Waals surface area contributed by atoms with E-state index in [1.165, 1.54) is 19.4 Å². The fraction of sp³-hybridized carbons (Fsp3) is 0.324. The lowest BCUT2D eigenvalue weighted by Gasteiger charge is -2.45. The number of pyridine rings is 1. The van der Waals surface area contributed by atoms with Crippen LogP contribution >= 0.6 is 23.2 Å². The van der Waals surface area contributed by atoms with Gasteiger partial charge in [0.2, 0.25) is 5.43 Å². The molecule has 2 fully saturated rings. The van der Waals surface area contributed by atoms with Gasteiger partial charge in [-0.1, -0.05) is 47.5 Å². The topological polar surface area (TPSA) is 125 Å². The third kappa shape index (κ3) is 6.66. The number of nitrogens with one attached hydrogen (secondary N) is 2. The molecule has 3 N–H and O–H groups in total. The number of halogens is 3. The molecule has 0 bridgehead atoms. The summed E-state index contributed by atoms with van der Waals surface area (Å²) < 4.78 is 29.4. The maximum Gasteiger partial charge on any atom is 0.341 e. The summed E-state index contributed by atoms with van der Waals surface area (Å²) >= 11 is 13.3. The standard InChI is InChI=1S/C34H34Cl2FN5O6/c1-19-16-40(31-26(47-2)15-22-30(29(31)37)42(20-11-12-20)17-23(32(22)44)34(45)46)13-14-41(19)33(28-24(35)9-6-10-25(28)36)39-38-27(43)18-48-21-7-4-3-5-8-21/h3-10,15,17,19-20,33,39H,11-14,16,18H2,1-2H3,(H,38,43)(H,45,46). The molecule has 1 saturated carbocycles. The van der Waals surface area contributed by atoms with Gasteiger partial charge in [0.1, 0.15) is 28.9 Å². The predicted molar refractivity (Wildman–Crippen MR) is 181 cm³/mol. The van der Waals surface area contributed by atoms with Gasteiger partial charge in [0.05, 0.1) is 18.0 Å². The molecule has 2 aliphatic rings. The van der Waals surface area contributed by atoms with Crippen molar-refractivity contribution in [3.63, 3.8) is 0 Å². The lowest BCUT2D eigenvalue weighted by atomic mass is 10.0. The minimum Gasteiger partial charge on any atom is -0.494 e. The van der Waals surface area contributed by atoms with E-state index < -0.39 is 34.9 Å². The third-order valence-electron chi connectivity index (χ3n) is 8.65. The molecular formula is C34H34Cl2FN5O6. The molecule has 4 aromatic rings. The highest BCUT2D eigenvalue weighted by atomic mass is 35.5. The number of piperazine rings is 1. The number of ether oxygens (including phenoxy) is 2. The summed E-state index contributed by atoms with van der Waals surface area (Å²) in [6.45, 7) is 2.76. The number of hydrogen-bond acceptors (Lipinski definition) is 8. The number of benzene rings is 3. The van der Waals surface area contributed by atoms with E-state index in [1.807, 2.05) is 30.0 Å². The van der Waals surface area contributed by atoms with Crippen molar-refractivity contribution in [3.8, 4) is 11.5 Å². The number of carboxylic acids is 1. The number of aromatic carboxylic acids is 1. The van der Waals surface area contributed by atoms with Gasteiger partial charge in [-0.05, 0) is 50.1 Å². The van der Waals surface area contributed by atoms with Gasteiger partial charge < -0.3 is 24.0 Å². The SMILES string of the molecule is COc1cc2c(=O)c(C(=O)O)cn(C3CC3)c2c(F)c1N1CCN(C(NNC(=O)COc2ccccc2)c2c(Cl)cccc2Cl)C(C)C1. The van der Waals surface area contributed by atoms with Gasteiger partial charge in [-0.25, -0.2) is 14.6 Å². The lowest BCUT2D eigenvalue weighted by molar-refractivity contribution is -0.125. The Balaban J connectivity index is 1.29. The predicted octanol–water partition coefficient (Wildman–Crippen LogP) is 5.40. The van der Waals surface area contributed by atoms with Gasteiger partial charge in [-0.2, -0.15) is 0 Å². The van der Waals surface area contributed by atoms with Crippen molar-refractivity contribution in [3.05, 3.63) is 98.0 Å². The Bertz CT molecular complexity index is 1900. The molecule has 1 aromatic heterocycles. The van der Waals surface area contributed by atoms with Crippen LogP contribution in [0.1, 0.15) is 47.9 Å². The molecule has 0 radical (unpaired) electrons. The van der Waals surface area contributed by atoms with Crippen LogP contribution in [0.2, 0.25) is 10.0 Å². The molecule has 2 heterocycles. The molecule has 3 aromatic carbocycles. The first-order chi connectivity index (χ1) is 23.1. The average molecular weight is 699 g/mol. The second-order valence-corrected chi connectivity index (χ2v) is 12.6. The molecule has 0 spiro atoms. The van der Waals surface area contributed by atoms with Crippen LogP contribution in [0, 0.1) is 5.82 Å². The van der Waals surface area contributed by atoms with Crippen LogP contribution in [0.3, 0.4) is 0 Å². The zero-order valence-electron chi connectivity index (χ0n) is 26.2. The Morgan fingerprint density at radius 3 is 2.42 bits per heavy atom. The van der Waals surface area contributed by atoms with E-state index in [1.54, 1.807) is 34.9 Å². The highest BCUT2D eigenvalue weighted by molar-refractivity contribution is 6.36. The molecule has 1 aliphatic carbocycles. The summed E-state index contributed by atoms with van der Waals surface area (Å²) in [5.74, 6) is -1.77. The number of amides is 1. The number of hydrogen-bond donors (Lipinski definition) is 3. The quantitative estimate of drug-likeness (QED) is 0.177. The number of carbonyl (C=O) groups excluding carboxylic acids is 1. The zero-order valence-corrected chi connectivity index (χ0v) is 27.7. The summed E-state index contributed by atoms with van der Waals surface area (Å²) in [5, 5.41) is 10.4. The van der Waals surface area contributed by atoms with Crippen molar-refractivity contribution in [1.82, 2.24) is 20.3 Å². The Kier molecular flexibility index (Phi) is 9.79. The number of aromatic nitrogens is 1. The number of fused-ring (bicyclic) bond motifs is 1. The number of carboxylic acid groups (broad SMARTS) is 1. The van der Waals surface area contributed by atoms with Gasteiger partial charge in [-0.15, -0.1) is 0 Å². The van der Waals surface area contributed by atoms with Crippen molar-refractivity contribution in [1.29, 1.82) is 0 Å². The fourth-order valence-electron chi connectivity index (χ4n) is 6.18. The van der Waals surface area contributed by atoms with Gasteiger partial charge in [0.15, 0.2) is 12.4 Å². The summed E-state index contributed by atoms with van der Waals surface area (Å²) in [6, 6.07) is 15.2. The van der Waals surface area contributed by atoms with Crippen molar-refractivity contribution in [2.45, 2.75) is 38.0 Å². The Hall–Kier alpha value is -4.36. The second kappa shape index (κ2) is 14.0. The Morgan fingerprint density at radius 1 is 1.08 bits per heavy atom. The van der Waals surface area contributed by atoms with Crippen LogP contribution in [0.4, 0.5) is 10.1 Å². The Morgan fingerprint density at radius 2 is 1.79 bits per heavy atom. The molecule has 252 valence electrons. The monoisotopic (exact) mass is 697 g/mol. The molecule has 6 rings (SSSR count). The van der Waals surface area contributed by atoms with E-state index in [0.717, 1.165) is 12.8 Å². The van der Waals surface area contributed by atoms with Crippen LogP contribution in [0.25, 0.3) is 10.9 Å². The van der Waals surface area contributed by atoms with Crippen molar-refractivity contribution < 1.29 is 28.6 Å². The number of carbonyl (C=O) groups is 2. The number of rotatable bonds is 11. The number of methoxy groups -OCH3 is 1. The first-order valence-corrected chi connectivity index (χ1v) is 16.2. The fourth-order valence-corrected chi connectivity index (χ4v) is 6.79. The summed E-state index contributed by atoms with van der Waals surface area (Å²) in [4.78, 5) is 41.7. The van der Waals surface area contributed by atoms with E-state index in [0.29, 0.717) is 41.0 Å². The molecule has 48 heavy (non-hydrogen) atoms. The number of nitrogens with zero attached hydrogens (tertiary/aromatic N) is 3. The molecule has 1 saturated heterocycles. The van der Waals surface area contributed by atoms with Crippen LogP contribution in [0.5, 0.6) is 11.5 Å². The highest BCUT2D eigenvalue weighted by Crippen LogP contribution is 2.43. The van der Waals surface area contributed by atoms with Crippen molar-refractivity contribution in [2.24, 2.45) is 0 Å². The molecule has 11 nitrogen and oxygen atoms in total. The van der Waals surface area contributed by atoms with Gasteiger partial charge in [0, 0.05) is 53.5 Å². The molecular weight excluding hydrogens is 664 g/mol. The van der Waals surface area contributed by atoms with Gasteiger partial charge >= 0.3 is 5.97 Å². The number of anilines is 1. The van der Waals surface area contributed by atoms with Crippen LogP contribution in [-0.4, -0.2) is 65.8 Å². The summed E-state index contributed by atoms with van der Waals surface area (Å²) in [5.41, 5.74) is 5.42. The summed E-state index contributed by atoms with van der Waals surface area (Å²) in [7, 11) is 1.38. The van der Waals surface area contributed by atoms with Crippen molar-refractivity contribution >= 4 is 51.7 Å². The number of para-hydroxylation sites is 1. The van der Waals surface area contributed by atoms with Crippen LogP contribution < -0.4 is 30.7 Å². The van der Waals surface area contributed by atoms with E-state index in [-0.39, 0.29) is 41.0 Å².